The van der Waals surface area contributed by atoms with Crippen LogP contribution in [0, 0.1) is 0 Å². The van der Waals surface area contributed by atoms with Gasteiger partial charge in [-0.3, -0.25) is 9.59 Å². The van der Waals surface area contributed by atoms with Gasteiger partial charge in [0.1, 0.15) is 5.75 Å². The van der Waals surface area contributed by atoms with E-state index in [2.05, 4.69) is 5.32 Å². The number of benzene rings is 3. The molecule has 4 rings (SSSR count). The smallest absolute Gasteiger partial charge is 0.257 e. The van der Waals surface area contributed by atoms with Gasteiger partial charge in [-0.05, 0) is 36.4 Å². The summed E-state index contributed by atoms with van der Waals surface area (Å²) in [6.07, 6.45) is 0. The number of phenols is 1. The predicted octanol–water partition coefficient (Wildman–Crippen LogP) is 3.73. The molecule has 6 heteroatoms. The van der Waals surface area contributed by atoms with Crippen LogP contribution >= 0.6 is 0 Å². The standard InChI is InChI=1S/C24H23N3O3/c28-22-13-7-5-11-20(22)24(30)27-16-14-26(15-17-27)23(29)19-10-4-6-12-21(19)25-18-8-2-1-3-9-18/h1-13,25,28H,14-17H2. The minimum atomic E-state index is -0.216. The largest absolute Gasteiger partial charge is 0.507 e. The van der Waals surface area contributed by atoms with Crippen molar-refractivity contribution in [2.24, 2.45) is 0 Å². The van der Waals surface area contributed by atoms with Gasteiger partial charge >= 0.3 is 0 Å². The van der Waals surface area contributed by atoms with E-state index in [4.69, 9.17) is 0 Å². The number of piperazine rings is 1. The van der Waals surface area contributed by atoms with E-state index >= 15 is 0 Å². The number of rotatable bonds is 4. The molecule has 3 aromatic carbocycles. The van der Waals surface area contributed by atoms with Crippen molar-refractivity contribution in [3.63, 3.8) is 0 Å². The molecule has 6 nitrogen and oxygen atoms in total. The summed E-state index contributed by atoms with van der Waals surface area (Å²) in [5, 5.41) is 13.2. The van der Waals surface area contributed by atoms with Crippen LogP contribution in [-0.2, 0) is 0 Å². The molecular weight excluding hydrogens is 378 g/mol. The van der Waals surface area contributed by atoms with E-state index in [0.717, 1.165) is 11.4 Å². The van der Waals surface area contributed by atoms with Crippen molar-refractivity contribution < 1.29 is 14.7 Å². The number of amides is 2. The normalized spacial score (nSPS) is 13.7. The third-order valence-electron chi connectivity index (χ3n) is 5.20. The maximum absolute atomic E-state index is 13.2. The summed E-state index contributed by atoms with van der Waals surface area (Å²) in [7, 11) is 0. The fourth-order valence-corrected chi connectivity index (χ4v) is 3.56. The van der Waals surface area contributed by atoms with Crippen molar-refractivity contribution in [3.05, 3.63) is 90.0 Å². The Kier molecular flexibility index (Phi) is 5.66. The summed E-state index contributed by atoms with van der Waals surface area (Å²) in [6.45, 7) is 1.73. The summed E-state index contributed by atoms with van der Waals surface area (Å²) in [5.74, 6) is -0.308. The molecule has 0 aliphatic carbocycles. The highest BCUT2D eigenvalue weighted by Gasteiger charge is 2.27. The molecule has 0 saturated carbocycles. The maximum Gasteiger partial charge on any atom is 0.257 e. The van der Waals surface area contributed by atoms with Crippen molar-refractivity contribution in [1.29, 1.82) is 0 Å². The van der Waals surface area contributed by atoms with Crippen LogP contribution in [0.4, 0.5) is 11.4 Å². The third kappa shape index (κ3) is 4.12. The lowest BCUT2D eigenvalue weighted by atomic mass is 10.1. The Hall–Kier alpha value is -3.80. The van der Waals surface area contributed by atoms with Crippen LogP contribution in [0.15, 0.2) is 78.9 Å². The highest BCUT2D eigenvalue weighted by Crippen LogP contribution is 2.23. The fourth-order valence-electron chi connectivity index (χ4n) is 3.56. The lowest BCUT2D eigenvalue weighted by Crippen LogP contribution is -2.50. The predicted molar refractivity (Wildman–Crippen MR) is 116 cm³/mol. The first-order valence-corrected chi connectivity index (χ1v) is 9.91. The summed E-state index contributed by atoms with van der Waals surface area (Å²) in [5.41, 5.74) is 2.55. The van der Waals surface area contributed by atoms with Crippen LogP contribution in [0.5, 0.6) is 5.75 Å². The molecule has 2 N–H and O–H groups in total. The third-order valence-corrected chi connectivity index (χ3v) is 5.20. The molecule has 3 aromatic rings. The van der Waals surface area contributed by atoms with Gasteiger partial charge in [0.25, 0.3) is 11.8 Å². The number of carbonyl (C=O) groups is 2. The Morgan fingerprint density at radius 1 is 0.667 bits per heavy atom. The minimum Gasteiger partial charge on any atom is -0.507 e. The van der Waals surface area contributed by atoms with Crippen LogP contribution in [0.25, 0.3) is 0 Å². The van der Waals surface area contributed by atoms with Gasteiger partial charge in [0.15, 0.2) is 0 Å². The number of carbonyl (C=O) groups excluding carboxylic acids is 2. The van der Waals surface area contributed by atoms with Gasteiger partial charge < -0.3 is 20.2 Å². The molecule has 1 fully saturated rings. The van der Waals surface area contributed by atoms with E-state index in [0.29, 0.717) is 31.7 Å². The number of aromatic hydroxyl groups is 1. The molecule has 1 saturated heterocycles. The van der Waals surface area contributed by atoms with Gasteiger partial charge in [-0.15, -0.1) is 0 Å². The summed E-state index contributed by atoms with van der Waals surface area (Å²) in [4.78, 5) is 29.3. The first-order chi connectivity index (χ1) is 14.6. The van der Waals surface area contributed by atoms with Crippen LogP contribution in [0.2, 0.25) is 0 Å². The van der Waals surface area contributed by atoms with Gasteiger partial charge in [-0.25, -0.2) is 0 Å². The van der Waals surface area contributed by atoms with Crippen molar-refractivity contribution in [2.45, 2.75) is 0 Å². The van der Waals surface area contributed by atoms with E-state index in [-0.39, 0.29) is 23.1 Å². The van der Waals surface area contributed by atoms with Gasteiger partial charge in [0, 0.05) is 31.9 Å². The van der Waals surface area contributed by atoms with E-state index in [1.165, 1.54) is 6.07 Å². The molecule has 0 unspecified atom stereocenters. The topological polar surface area (TPSA) is 72.9 Å². The molecule has 30 heavy (non-hydrogen) atoms. The maximum atomic E-state index is 13.2. The van der Waals surface area contributed by atoms with E-state index in [1.54, 1.807) is 28.0 Å². The SMILES string of the molecule is O=C(c1ccccc1O)N1CCN(C(=O)c2ccccc2Nc2ccccc2)CC1. The summed E-state index contributed by atoms with van der Waals surface area (Å²) in [6, 6.07) is 23.7. The number of phenolic OH excluding ortho intramolecular Hbond substituents is 1. The van der Waals surface area contributed by atoms with Crippen molar-refractivity contribution in [3.8, 4) is 5.75 Å². The monoisotopic (exact) mass is 401 g/mol. The molecular formula is C24H23N3O3. The Balaban J connectivity index is 1.44. The van der Waals surface area contributed by atoms with Crippen molar-refractivity contribution in [1.82, 2.24) is 9.80 Å². The number of nitrogens with one attached hydrogen (secondary N) is 1. The average molecular weight is 401 g/mol. The van der Waals surface area contributed by atoms with Crippen LogP contribution < -0.4 is 5.32 Å². The number of hydrogen-bond acceptors (Lipinski definition) is 4. The molecule has 1 heterocycles. The molecule has 0 spiro atoms. The number of hydrogen-bond donors (Lipinski definition) is 2. The van der Waals surface area contributed by atoms with Crippen LogP contribution in [-0.4, -0.2) is 52.9 Å². The molecule has 1 aliphatic rings. The average Bonchev–Trinajstić information content (AvgIpc) is 2.80. The molecule has 1 aliphatic heterocycles. The van der Waals surface area contributed by atoms with Crippen molar-refractivity contribution >= 4 is 23.2 Å². The Labute approximate surface area is 175 Å². The first kappa shape index (κ1) is 19.5. The number of anilines is 2. The minimum absolute atomic E-state index is 0.0260. The first-order valence-electron chi connectivity index (χ1n) is 9.91. The second-order valence-electron chi connectivity index (χ2n) is 7.14. The van der Waals surface area contributed by atoms with Crippen LogP contribution in [0.3, 0.4) is 0 Å². The zero-order chi connectivity index (χ0) is 20.9. The zero-order valence-electron chi connectivity index (χ0n) is 16.5. The van der Waals surface area contributed by atoms with Gasteiger partial charge in [-0.2, -0.15) is 0 Å². The molecule has 2 amide bonds. The number of nitrogens with zero attached hydrogens (tertiary/aromatic N) is 2. The molecule has 152 valence electrons. The number of para-hydroxylation sites is 3. The second kappa shape index (κ2) is 8.69. The quantitative estimate of drug-likeness (QED) is 0.699. The van der Waals surface area contributed by atoms with Crippen LogP contribution in [0.1, 0.15) is 20.7 Å². The molecule has 0 aromatic heterocycles. The van der Waals surface area contributed by atoms with Gasteiger partial charge in [0.2, 0.25) is 0 Å². The molecule has 0 radical (unpaired) electrons. The zero-order valence-corrected chi connectivity index (χ0v) is 16.5. The Morgan fingerprint density at radius 2 is 1.17 bits per heavy atom. The molecule has 0 atom stereocenters. The lowest BCUT2D eigenvalue weighted by Gasteiger charge is -2.35. The van der Waals surface area contributed by atoms with E-state index < -0.39 is 0 Å². The summed E-state index contributed by atoms with van der Waals surface area (Å²) >= 11 is 0. The lowest BCUT2D eigenvalue weighted by molar-refractivity contribution is 0.0534. The molecule has 0 bridgehead atoms. The second-order valence-corrected chi connectivity index (χ2v) is 7.14. The van der Waals surface area contributed by atoms with Crippen molar-refractivity contribution in [2.75, 3.05) is 31.5 Å². The highest BCUT2D eigenvalue weighted by molar-refractivity contribution is 6.01. The Morgan fingerprint density at radius 3 is 1.80 bits per heavy atom. The highest BCUT2D eigenvalue weighted by atomic mass is 16.3. The Bertz CT molecular complexity index is 1040. The van der Waals surface area contributed by atoms with Gasteiger partial charge in [-0.1, -0.05) is 42.5 Å². The fraction of sp³-hybridized carbons (Fsp3) is 0.167. The van der Waals surface area contributed by atoms with E-state index in [9.17, 15) is 14.7 Å². The summed E-state index contributed by atoms with van der Waals surface area (Å²) < 4.78 is 0. The van der Waals surface area contributed by atoms with E-state index in [1.807, 2.05) is 54.6 Å². The van der Waals surface area contributed by atoms with Gasteiger partial charge in [0.05, 0.1) is 16.8 Å².